The van der Waals surface area contributed by atoms with Crippen molar-refractivity contribution < 1.29 is 5.11 Å². The molecule has 1 aliphatic carbocycles. The van der Waals surface area contributed by atoms with Crippen LogP contribution in [0.3, 0.4) is 0 Å². The molecule has 2 N–H and O–H groups in total. The molecule has 0 aromatic rings. The monoisotopic (exact) mass is 226 g/mol. The van der Waals surface area contributed by atoms with Gasteiger partial charge in [-0.3, -0.25) is 0 Å². The van der Waals surface area contributed by atoms with Gasteiger partial charge in [-0.25, -0.2) is 0 Å². The summed E-state index contributed by atoms with van der Waals surface area (Å²) in [4.78, 5) is 2.45. The molecule has 1 heterocycles. The molecule has 2 rings (SSSR count). The Bertz CT molecular complexity index is 208. The highest BCUT2D eigenvalue weighted by Crippen LogP contribution is 2.26. The predicted molar refractivity (Wildman–Crippen MR) is 66.5 cm³/mol. The second-order valence-electron chi connectivity index (χ2n) is 5.41. The van der Waals surface area contributed by atoms with Gasteiger partial charge in [-0.15, -0.1) is 0 Å². The predicted octanol–water partition coefficient (Wildman–Crippen LogP) is 1.22. The molecule has 16 heavy (non-hydrogen) atoms. The van der Waals surface area contributed by atoms with Crippen LogP contribution in [0, 0.1) is 5.92 Å². The van der Waals surface area contributed by atoms with Crippen LogP contribution in [0.25, 0.3) is 0 Å². The van der Waals surface area contributed by atoms with Gasteiger partial charge in [0.15, 0.2) is 0 Å². The van der Waals surface area contributed by atoms with Crippen LogP contribution in [0.4, 0.5) is 0 Å². The summed E-state index contributed by atoms with van der Waals surface area (Å²) in [5.74, 6) is 0.805. The van der Waals surface area contributed by atoms with Crippen LogP contribution < -0.4 is 5.32 Å². The van der Waals surface area contributed by atoms with Crippen LogP contribution in [-0.2, 0) is 0 Å². The highest BCUT2D eigenvalue weighted by atomic mass is 16.3. The third-order valence-electron chi connectivity index (χ3n) is 4.12. The van der Waals surface area contributed by atoms with E-state index in [2.05, 4.69) is 17.1 Å². The highest BCUT2D eigenvalue weighted by molar-refractivity contribution is 4.85. The van der Waals surface area contributed by atoms with Crippen LogP contribution >= 0.6 is 0 Å². The van der Waals surface area contributed by atoms with Crippen LogP contribution in [-0.4, -0.2) is 48.3 Å². The number of β-amino-alcohol motifs (C(OH)–C–C–N with tert-alkyl or cyclic N) is 1. The largest absolute Gasteiger partial charge is 0.392 e. The number of hydrogen-bond donors (Lipinski definition) is 2. The van der Waals surface area contributed by atoms with Crippen molar-refractivity contribution >= 4 is 0 Å². The Balaban J connectivity index is 1.81. The summed E-state index contributed by atoms with van der Waals surface area (Å²) in [5, 5.41) is 13.2. The Hall–Kier alpha value is -0.120. The topological polar surface area (TPSA) is 35.5 Å². The minimum absolute atomic E-state index is 0.0684. The fourth-order valence-electron chi connectivity index (χ4n) is 3.27. The molecule has 2 aliphatic rings. The molecule has 0 bridgehead atoms. The molecule has 2 fully saturated rings. The number of aliphatic hydroxyl groups is 1. The molecule has 1 aliphatic heterocycles. The molecule has 1 saturated heterocycles. The van der Waals surface area contributed by atoms with E-state index < -0.39 is 0 Å². The SMILES string of the molecule is CCNC1CCCCC1CN1CCC(O)C1. The van der Waals surface area contributed by atoms with Crippen LogP contribution in [0.5, 0.6) is 0 Å². The average Bonchev–Trinajstić information content (AvgIpc) is 2.67. The van der Waals surface area contributed by atoms with Crippen LogP contribution in [0.2, 0.25) is 0 Å². The second kappa shape index (κ2) is 5.99. The fourth-order valence-corrected chi connectivity index (χ4v) is 3.27. The van der Waals surface area contributed by atoms with E-state index in [1.54, 1.807) is 0 Å². The number of nitrogens with one attached hydrogen (secondary N) is 1. The Morgan fingerprint density at radius 1 is 1.25 bits per heavy atom. The van der Waals surface area contributed by atoms with Gasteiger partial charge in [0.05, 0.1) is 6.10 Å². The van der Waals surface area contributed by atoms with E-state index in [4.69, 9.17) is 0 Å². The normalized spacial score (nSPS) is 36.8. The number of aliphatic hydroxyl groups excluding tert-OH is 1. The van der Waals surface area contributed by atoms with Gasteiger partial charge in [0.25, 0.3) is 0 Å². The first-order valence-corrected chi connectivity index (χ1v) is 6.93. The Morgan fingerprint density at radius 3 is 2.75 bits per heavy atom. The molecular weight excluding hydrogens is 200 g/mol. The van der Waals surface area contributed by atoms with Crippen molar-refractivity contribution in [2.45, 2.75) is 51.2 Å². The quantitative estimate of drug-likeness (QED) is 0.756. The minimum atomic E-state index is -0.0684. The number of hydrogen-bond acceptors (Lipinski definition) is 3. The van der Waals surface area contributed by atoms with E-state index in [9.17, 15) is 5.11 Å². The zero-order chi connectivity index (χ0) is 11.4. The van der Waals surface area contributed by atoms with E-state index in [0.717, 1.165) is 38.0 Å². The van der Waals surface area contributed by atoms with E-state index in [0.29, 0.717) is 0 Å². The van der Waals surface area contributed by atoms with Crippen molar-refractivity contribution in [2.24, 2.45) is 5.92 Å². The zero-order valence-electron chi connectivity index (χ0n) is 10.5. The van der Waals surface area contributed by atoms with Gasteiger partial charge in [-0.2, -0.15) is 0 Å². The Morgan fingerprint density at radius 2 is 2.06 bits per heavy atom. The number of likely N-dealkylation sites (tertiary alicyclic amines) is 1. The summed E-state index contributed by atoms with van der Waals surface area (Å²) >= 11 is 0. The van der Waals surface area contributed by atoms with E-state index >= 15 is 0 Å². The third-order valence-corrected chi connectivity index (χ3v) is 4.12. The van der Waals surface area contributed by atoms with Crippen molar-refractivity contribution in [3.8, 4) is 0 Å². The summed E-state index contributed by atoms with van der Waals surface area (Å²) < 4.78 is 0. The maximum absolute atomic E-state index is 9.54. The first-order chi connectivity index (χ1) is 7.79. The fraction of sp³-hybridized carbons (Fsp3) is 1.00. The maximum Gasteiger partial charge on any atom is 0.0679 e. The van der Waals surface area contributed by atoms with Crippen LogP contribution in [0.15, 0.2) is 0 Å². The lowest BCUT2D eigenvalue weighted by Crippen LogP contribution is -2.43. The lowest BCUT2D eigenvalue weighted by atomic mass is 9.84. The van der Waals surface area contributed by atoms with Crippen molar-refractivity contribution in [1.82, 2.24) is 10.2 Å². The van der Waals surface area contributed by atoms with Gasteiger partial charge in [-0.05, 0) is 31.7 Å². The van der Waals surface area contributed by atoms with Gasteiger partial charge in [0.2, 0.25) is 0 Å². The highest BCUT2D eigenvalue weighted by Gasteiger charge is 2.28. The smallest absolute Gasteiger partial charge is 0.0679 e. The van der Waals surface area contributed by atoms with Crippen molar-refractivity contribution in [1.29, 1.82) is 0 Å². The molecule has 3 nitrogen and oxygen atoms in total. The van der Waals surface area contributed by atoms with Gasteiger partial charge >= 0.3 is 0 Å². The van der Waals surface area contributed by atoms with Crippen molar-refractivity contribution in [2.75, 3.05) is 26.2 Å². The summed E-state index contributed by atoms with van der Waals surface area (Å²) in [5.41, 5.74) is 0. The molecule has 3 unspecified atom stereocenters. The average molecular weight is 226 g/mol. The Labute approximate surface area is 99.2 Å². The number of rotatable bonds is 4. The first kappa shape index (κ1) is 12.3. The van der Waals surface area contributed by atoms with Gasteiger partial charge in [0.1, 0.15) is 0 Å². The van der Waals surface area contributed by atoms with Crippen LogP contribution in [0.1, 0.15) is 39.0 Å². The molecular formula is C13H26N2O. The summed E-state index contributed by atoms with van der Waals surface area (Å²) in [6, 6.07) is 0.719. The van der Waals surface area contributed by atoms with E-state index in [1.807, 2.05) is 0 Å². The molecule has 0 spiro atoms. The zero-order valence-corrected chi connectivity index (χ0v) is 10.5. The molecule has 1 saturated carbocycles. The molecule has 0 amide bonds. The summed E-state index contributed by atoms with van der Waals surface area (Å²) in [6.07, 6.45) is 6.39. The summed E-state index contributed by atoms with van der Waals surface area (Å²) in [6.45, 7) is 6.47. The number of nitrogens with zero attached hydrogens (tertiary/aromatic N) is 1. The van der Waals surface area contributed by atoms with E-state index in [-0.39, 0.29) is 6.10 Å². The minimum Gasteiger partial charge on any atom is -0.392 e. The standard InChI is InChI=1S/C13H26N2O/c1-2-14-13-6-4-3-5-11(13)9-15-8-7-12(16)10-15/h11-14,16H,2-10H2,1H3. The molecule has 94 valence electrons. The second-order valence-corrected chi connectivity index (χ2v) is 5.41. The Kier molecular flexibility index (Phi) is 4.62. The molecule has 0 radical (unpaired) electrons. The first-order valence-electron chi connectivity index (χ1n) is 6.93. The maximum atomic E-state index is 9.54. The molecule has 0 aromatic carbocycles. The third kappa shape index (κ3) is 3.19. The lowest BCUT2D eigenvalue weighted by Gasteiger charge is -2.34. The van der Waals surface area contributed by atoms with Gasteiger partial charge < -0.3 is 15.3 Å². The molecule has 3 atom stereocenters. The molecule has 3 heteroatoms. The van der Waals surface area contributed by atoms with Crippen molar-refractivity contribution in [3.05, 3.63) is 0 Å². The van der Waals surface area contributed by atoms with E-state index in [1.165, 1.54) is 32.2 Å². The molecule has 0 aromatic heterocycles. The van der Waals surface area contributed by atoms with Crippen molar-refractivity contribution in [3.63, 3.8) is 0 Å². The summed E-state index contributed by atoms with van der Waals surface area (Å²) in [7, 11) is 0. The van der Waals surface area contributed by atoms with Gasteiger partial charge in [-0.1, -0.05) is 19.8 Å². The van der Waals surface area contributed by atoms with Gasteiger partial charge in [0, 0.05) is 25.7 Å². The lowest BCUT2D eigenvalue weighted by molar-refractivity contribution is 0.152.